The number of carboxylic acids is 1. The van der Waals surface area contributed by atoms with Gasteiger partial charge in [0.05, 0.1) is 6.42 Å². The highest BCUT2D eigenvalue weighted by atomic mass is 16.4. The van der Waals surface area contributed by atoms with Crippen LogP contribution in [-0.2, 0) is 11.2 Å². The van der Waals surface area contributed by atoms with E-state index in [1.165, 1.54) is 5.69 Å². The van der Waals surface area contributed by atoms with Crippen LogP contribution in [0.1, 0.15) is 25.0 Å². The fraction of sp³-hybridized carbons (Fsp3) is 0.462. The summed E-state index contributed by atoms with van der Waals surface area (Å²) >= 11 is 0. The molecule has 1 N–H and O–H groups in total. The summed E-state index contributed by atoms with van der Waals surface area (Å²) in [6.45, 7) is 8.20. The second kappa shape index (κ2) is 5.54. The van der Waals surface area contributed by atoms with Crippen LogP contribution in [0.15, 0.2) is 18.2 Å². The van der Waals surface area contributed by atoms with Crippen molar-refractivity contribution in [3.63, 3.8) is 0 Å². The maximum absolute atomic E-state index is 10.6. The molecule has 0 unspecified atom stereocenters. The first-order chi connectivity index (χ1) is 7.58. The van der Waals surface area contributed by atoms with E-state index in [0.717, 1.165) is 24.2 Å². The van der Waals surface area contributed by atoms with Crippen molar-refractivity contribution in [3.05, 3.63) is 29.3 Å². The first-order valence-corrected chi connectivity index (χ1v) is 5.64. The summed E-state index contributed by atoms with van der Waals surface area (Å²) < 4.78 is 0. The van der Waals surface area contributed by atoms with E-state index in [1.54, 1.807) is 0 Å². The molecule has 3 heteroatoms. The standard InChI is InChI=1S/C13H19NO2/c1-4-14(5-2)12-7-6-11(8-10(12)3)9-13(15)16/h6-8H,4-5,9H2,1-3H3,(H,15,16). The van der Waals surface area contributed by atoms with E-state index in [2.05, 4.69) is 18.7 Å². The Morgan fingerprint density at radius 3 is 2.38 bits per heavy atom. The van der Waals surface area contributed by atoms with Gasteiger partial charge < -0.3 is 10.0 Å². The second-order valence-corrected chi connectivity index (χ2v) is 3.86. The zero-order chi connectivity index (χ0) is 12.1. The highest BCUT2D eigenvalue weighted by Gasteiger charge is 2.07. The molecule has 0 atom stereocenters. The molecule has 0 saturated heterocycles. The van der Waals surface area contributed by atoms with E-state index in [0.29, 0.717) is 0 Å². The summed E-state index contributed by atoms with van der Waals surface area (Å²) in [5.41, 5.74) is 3.20. The molecule has 0 aliphatic heterocycles. The van der Waals surface area contributed by atoms with Crippen molar-refractivity contribution >= 4 is 11.7 Å². The van der Waals surface area contributed by atoms with Gasteiger partial charge >= 0.3 is 5.97 Å². The monoisotopic (exact) mass is 221 g/mol. The first kappa shape index (κ1) is 12.6. The SMILES string of the molecule is CCN(CC)c1ccc(CC(=O)O)cc1C. The van der Waals surface area contributed by atoms with Gasteiger partial charge in [0.25, 0.3) is 0 Å². The predicted octanol–water partition coefficient (Wildman–Crippen LogP) is 2.47. The average molecular weight is 221 g/mol. The molecule has 1 aromatic rings. The molecule has 0 aliphatic rings. The van der Waals surface area contributed by atoms with Crippen LogP contribution in [0.25, 0.3) is 0 Å². The van der Waals surface area contributed by atoms with Gasteiger partial charge in [-0.3, -0.25) is 4.79 Å². The number of nitrogens with zero attached hydrogens (tertiary/aromatic N) is 1. The van der Waals surface area contributed by atoms with Gasteiger partial charge in [-0.1, -0.05) is 12.1 Å². The van der Waals surface area contributed by atoms with Crippen LogP contribution in [-0.4, -0.2) is 24.2 Å². The highest BCUT2D eigenvalue weighted by Crippen LogP contribution is 2.21. The quantitative estimate of drug-likeness (QED) is 0.830. The smallest absolute Gasteiger partial charge is 0.307 e. The molecule has 0 heterocycles. The molecule has 1 aromatic carbocycles. The van der Waals surface area contributed by atoms with Crippen molar-refractivity contribution in [3.8, 4) is 0 Å². The molecule has 0 bridgehead atoms. The van der Waals surface area contributed by atoms with Crippen LogP contribution in [0.3, 0.4) is 0 Å². The number of carbonyl (C=O) groups is 1. The summed E-state index contributed by atoms with van der Waals surface area (Å²) in [5, 5.41) is 8.72. The lowest BCUT2D eigenvalue weighted by molar-refractivity contribution is -0.136. The third-order valence-electron chi connectivity index (χ3n) is 2.72. The van der Waals surface area contributed by atoms with Crippen LogP contribution in [0, 0.1) is 6.92 Å². The Hall–Kier alpha value is -1.51. The summed E-state index contributed by atoms with van der Waals surface area (Å²) in [6.07, 6.45) is 0.0966. The first-order valence-electron chi connectivity index (χ1n) is 5.64. The summed E-state index contributed by atoms with van der Waals surface area (Å²) in [6, 6.07) is 5.87. The van der Waals surface area contributed by atoms with E-state index in [4.69, 9.17) is 5.11 Å². The zero-order valence-electron chi connectivity index (χ0n) is 10.2. The minimum Gasteiger partial charge on any atom is -0.481 e. The summed E-state index contributed by atoms with van der Waals surface area (Å²) in [7, 11) is 0. The highest BCUT2D eigenvalue weighted by molar-refractivity contribution is 5.71. The van der Waals surface area contributed by atoms with Gasteiger partial charge in [-0.15, -0.1) is 0 Å². The fourth-order valence-electron chi connectivity index (χ4n) is 1.92. The molecule has 0 spiro atoms. The topological polar surface area (TPSA) is 40.5 Å². The Balaban J connectivity index is 2.94. The van der Waals surface area contributed by atoms with E-state index in [9.17, 15) is 4.79 Å². The Kier molecular flexibility index (Phi) is 4.35. The van der Waals surface area contributed by atoms with Crippen LogP contribution in [0.4, 0.5) is 5.69 Å². The lowest BCUT2D eigenvalue weighted by Gasteiger charge is -2.23. The van der Waals surface area contributed by atoms with Gasteiger partial charge in [0.15, 0.2) is 0 Å². The zero-order valence-corrected chi connectivity index (χ0v) is 10.2. The molecule has 0 fully saturated rings. The molecular weight excluding hydrogens is 202 g/mol. The number of benzene rings is 1. The molecule has 0 saturated carbocycles. The third-order valence-corrected chi connectivity index (χ3v) is 2.72. The van der Waals surface area contributed by atoms with Gasteiger partial charge in [0.1, 0.15) is 0 Å². The number of aliphatic carboxylic acids is 1. The molecule has 1 rings (SSSR count). The minimum atomic E-state index is -0.782. The van der Waals surface area contributed by atoms with E-state index in [-0.39, 0.29) is 6.42 Å². The van der Waals surface area contributed by atoms with Gasteiger partial charge in [-0.2, -0.15) is 0 Å². The van der Waals surface area contributed by atoms with E-state index >= 15 is 0 Å². The number of aryl methyl sites for hydroxylation is 1. The Morgan fingerprint density at radius 1 is 1.31 bits per heavy atom. The molecule has 0 amide bonds. The van der Waals surface area contributed by atoms with E-state index in [1.807, 2.05) is 25.1 Å². The van der Waals surface area contributed by atoms with Crippen LogP contribution >= 0.6 is 0 Å². The fourth-order valence-corrected chi connectivity index (χ4v) is 1.92. The second-order valence-electron chi connectivity index (χ2n) is 3.86. The Labute approximate surface area is 96.7 Å². The van der Waals surface area contributed by atoms with Crippen molar-refractivity contribution < 1.29 is 9.90 Å². The molecule has 16 heavy (non-hydrogen) atoms. The molecule has 3 nitrogen and oxygen atoms in total. The van der Waals surface area contributed by atoms with Crippen molar-refractivity contribution in [1.29, 1.82) is 0 Å². The maximum atomic E-state index is 10.6. The molecule has 0 aliphatic carbocycles. The number of hydrogen-bond acceptors (Lipinski definition) is 2. The van der Waals surface area contributed by atoms with Gasteiger partial charge in [-0.05, 0) is 38.0 Å². The summed E-state index contributed by atoms with van der Waals surface area (Å²) in [4.78, 5) is 12.9. The third kappa shape index (κ3) is 2.99. The van der Waals surface area contributed by atoms with Gasteiger partial charge in [0.2, 0.25) is 0 Å². The van der Waals surface area contributed by atoms with Crippen LogP contribution in [0.2, 0.25) is 0 Å². The lowest BCUT2D eigenvalue weighted by Crippen LogP contribution is -2.22. The van der Waals surface area contributed by atoms with E-state index < -0.39 is 5.97 Å². The number of carboxylic acid groups (broad SMARTS) is 1. The average Bonchev–Trinajstić information content (AvgIpc) is 2.21. The molecular formula is C13H19NO2. The molecule has 0 aromatic heterocycles. The number of hydrogen-bond donors (Lipinski definition) is 1. The Bertz CT molecular complexity index is 370. The number of rotatable bonds is 5. The van der Waals surface area contributed by atoms with Gasteiger partial charge in [-0.25, -0.2) is 0 Å². The Morgan fingerprint density at radius 2 is 1.94 bits per heavy atom. The summed E-state index contributed by atoms with van der Waals surface area (Å²) in [5.74, 6) is -0.782. The molecule has 0 radical (unpaired) electrons. The number of anilines is 1. The van der Waals surface area contributed by atoms with Gasteiger partial charge in [0, 0.05) is 18.8 Å². The van der Waals surface area contributed by atoms with Crippen LogP contribution < -0.4 is 4.90 Å². The maximum Gasteiger partial charge on any atom is 0.307 e. The lowest BCUT2D eigenvalue weighted by atomic mass is 10.1. The van der Waals surface area contributed by atoms with Crippen molar-refractivity contribution in [2.75, 3.05) is 18.0 Å². The van der Waals surface area contributed by atoms with Crippen molar-refractivity contribution in [2.24, 2.45) is 0 Å². The normalized spacial score (nSPS) is 10.2. The minimum absolute atomic E-state index is 0.0966. The molecule has 88 valence electrons. The largest absolute Gasteiger partial charge is 0.481 e. The predicted molar refractivity (Wildman–Crippen MR) is 66.1 cm³/mol. The van der Waals surface area contributed by atoms with Crippen molar-refractivity contribution in [2.45, 2.75) is 27.2 Å². The van der Waals surface area contributed by atoms with Crippen molar-refractivity contribution in [1.82, 2.24) is 0 Å². The van der Waals surface area contributed by atoms with Crippen LogP contribution in [0.5, 0.6) is 0 Å².